The zero-order chi connectivity index (χ0) is 15.4. The van der Waals surface area contributed by atoms with Crippen molar-refractivity contribution in [2.75, 3.05) is 6.61 Å². The third-order valence-electron chi connectivity index (χ3n) is 2.75. The number of aromatic carboxylic acids is 1. The van der Waals surface area contributed by atoms with Gasteiger partial charge in [0.05, 0.1) is 13.2 Å². The van der Waals surface area contributed by atoms with E-state index in [4.69, 9.17) is 21.4 Å². The van der Waals surface area contributed by atoms with Crippen molar-refractivity contribution in [1.29, 1.82) is 0 Å². The zero-order valence-electron chi connectivity index (χ0n) is 11.2. The van der Waals surface area contributed by atoms with E-state index in [9.17, 15) is 9.59 Å². The molecule has 0 saturated carbocycles. The van der Waals surface area contributed by atoms with Crippen LogP contribution in [0.15, 0.2) is 30.5 Å². The van der Waals surface area contributed by atoms with E-state index in [2.05, 4.69) is 5.10 Å². The summed E-state index contributed by atoms with van der Waals surface area (Å²) in [5.41, 5.74) is 0.367. The number of ether oxygens (including phenoxy) is 1. The third-order valence-corrected chi connectivity index (χ3v) is 3.12. The maximum Gasteiger partial charge on any atom is 0.359 e. The molecule has 0 saturated heterocycles. The summed E-state index contributed by atoms with van der Waals surface area (Å²) in [6, 6.07) is 7.13. The van der Waals surface area contributed by atoms with Crippen LogP contribution in [0.2, 0.25) is 5.02 Å². The fraction of sp³-hybridized carbons (Fsp3) is 0.214. The molecule has 0 amide bonds. The van der Waals surface area contributed by atoms with Gasteiger partial charge in [0.2, 0.25) is 0 Å². The van der Waals surface area contributed by atoms with Crippen LogP contribution in [0.1, 0.15) is 33.3 Å². The molecule has 1 aromatic carbocycles. The summed E-state index contributed by atoms with van der Waals surface area (Å²) < 4.78 is 6.16. The molecule has 0 fully saturated rings. The summed E-state index contributed by atoms with van der Waals surface area (Å²) in [7, 11) is 0. The van der Waals surface area contributed by atoms with Gasteiger partial charge < -0.3 is 9.84 Å². The van der Waals surface area contributed by atoms with Gasteiger partial charge in [0.15, 0.2) is 5.69 Å². The fourth-order valence-electron chi connectivity index (χ4n) is 1.81. The van der Waals surface area contributed by atoms with Crippen molar-refractivity contribution in [1.82, 2.24) is 9.78 Å². The Morgan fingerprint density at radius 2 is 2.10 bits per heavy atom. The van der Waals surface area contributed by atoms with Crippen LogP contribution in [0.4, 0.5) is 0 Å². The summed E-state index contributed by atoms with van der Waals surface area (Å²) in [5.74, 6) is -1.99. The molecule has 0 bridgehead atoms. The van der Waals surface area contributed by atoms with E-state index in [1.807, 2.05) is 6.07 Å². The van der Waals surface area contributed by atoms with E-state index >= 15 is 0 Å². The Kier molecular flexibility index (Phi) is 4.59. The number of aromatic nitrogens is 2. The lowest BCUT2D eigenvalue weighted by atomic mass is 10.2. The Morgan fingerprint density at radius 1 is 1.38 bits per heavy atom. The molecule has 1 aromatic heterocycles. The normalized spacial score (nSPS) is 10.4. The number of benzene rings is 1. The number of rotatable bonds is 5. The first-order valence-electron chi connectivity index (χ1n) is 6.24. The van der Waals surface area contributed by atoms with Crippen molar-refractivity contribution in [3.8, 4) is 0 Å². The van der Waals surface area contributed by atoms with Crippen LogP contribution in [-0.2, 0) is 11.3 Å². The molecule has 7 heteroatoms. The van der Waals surface area contributed by atoms with Crippen molar-refractivity contribution in [3.63, 3.8) is 0 Å². The lowest BCUT2D eigenvalue weighted by molar-refractivity contribution is 0.0507. The molecule has 110 valence electrons. The predicted octanol–water partition coefficient (Wildman–Crippen LogP) is 2.46. The number of carboxylic acids is 1. The second-order valence-electron chi connectivity index (χ2n) is 4.21. The smallest absolute Gasteiger partial charge is 0.359 e. The number of hydrogen-bond acceptors (Lipinski definition) is 4. The summed E-state index contributed by atoms with van der Waals surface area (Å²) in [5, 5.41) is 13.7. The van der Waals surface area contributed by atoms with E-state index in [0.29, 0.717) is 5.02 Å². The molecule has 0 aliphatic rings. The number of halogens is 1. The Labute approximate surface area is 125 Å². The van der Waals surface area contributed by atoms with Crippen LogP contribution in [0, 0.1) is 0 Å². The summed E-state index contributed by atoms with van der Waals surface area (Å²) in [6.45, 7) is 2.05. The Bertz CT molecular complexity index is 681. The van der Waals surface area contributed by atoms with Crippen molar-refractivity contribution >= 4 is 23.5 Å². The zero-order valence-corrected chi connectivity index (χ0v) is 12.0. The van der Waals surface area contributed by atoms with Gasteiger partial charge in [-0.25, -0.2) is 9.59 Å². The molecular weight excluding hydrogens is 296 g/mol. The summed E-state index contributed by atoms with van der Waals surface area (Å²) in [4.78, 5) is 22.9. The van der Waals surface area contributed by atoms with Crippen LogP contribution in [0.5, 0.6) is 0 Å². The second-order valence-corrected chi connectivity index (χ2v) is 4.61. The minimum absolute atomic E-state index is 0.148. The first-order chi connectivity index (χ1) is 10.0. The molecule has 0 unspecified atom stereocenters. The number of carbonyl (C=O) groups excluding carboxylic acids is 1. The van der Waals surface area contributed by atoms with Gasteiger partial charge in [-0.2, -0.15) is 5.10 Å². The molecule has 2 aromatic rings. The number of esters is 1. The largest absolute Gasteiger partial charge is 0.478 e. The first kappa shape index (κ1) is 15.1. The minimum atomic E-state index is -1.23. The molecule has 1 N–H and O–H groups in total. The molecule has 2 rings (SSSR count). The minimum Gasteiger partial charge on any atom is -0.478 e. The van der Waals surface area contributed by atoms with Gasteiger partial charge in [-0.3, -0.25) is 4.68 Å². The predicted molar refractivity (Wildman–Crippen MR) is 75.7 cm³/mol. The molecule has 0 spiro atoms. The lowest BCUT2D eigenvalue weighted by Gasteiger charge is -2.03. The van der Waals surface area contributed by atoms with Crippen LogP contribution in [0.25, 0.3) is 0 Å². The lowest BCUT2D eigenvalue weighted by Crippen LogP contribution is -2.11. The van der Waals surface area contributed by atoms with Gasteiger partial charge in [-0.05, 0) is 18.6 Å². The monoisotopic (exact) mass is 308 g/mol. The Balaban J connectivity index is 2.34. The van der Waals surface area contributed by atoms with Gasteiger partial charge >= 0.3 is 11.9 Å². The second kappa shape index (κ2) is 6.41. The molecule has 1 heterocycles. The highest BCUT2D eigenvalue weighted by Crippen LogP contribution is 2.17. The Hall–Kier alpha value is -2.34. The highest BCUT2D eigenvalue weighted by atomic mass is 35.5. The average molecular weight is 309 g/mol. The van der Waals surface area contributed by atoms with E-state index in [1.54, 1.807) is 25.1 Å². The topological polar surface area (TPSA) is 81.4 Å². The molecular formula is C14H13ClN2O4. The molecule has 6 nitrogen and oxygen atoms in total. The fourth-order valence-corrected chi connectivity index (χ4v) is 2.01. The van der Waals surface area contributed by atoms with E-state index in [-0.39, 0.29) is 24.4 Å². The quantitative estimate of drug-likeness (QED) is 0.858. The van der Waals surface area contributed by atoms with Gasteiger partial charge in [0.25, 0.3) is 0 Å². The van der Waals surface area contributed by atoms with Crippen molar-refractivity contribution in [2.24, 2.45) is 0 Å². The maximum absolute atomic E-state index is 11.7. The summed E-state index contributed by atoms with van der Waals surface area (Å²) >= 11 is 6.05. The number of carbonyl (C=O) groups is 2. The van der Waals surface area contributed by atoms with Crippen molar-refractivity contribution < 1.29 is 19.4 Å². The highest BCUT2D eigenvalue weighted by Gasteiger charge is 2.22. The number of carboxylic acid groups (broad SMARTS) is 1. The van der Waals surface area contributed by atoms with E-state index < -0.39 is 11.9 Å². The number of nitrogens with zero attached hydrogens (tertiary/aromatic N) is 2. The first-order valence-corrected chi connectivity index (χ1v) is 6.62. The molecule has 0 radical (unpaired) electrons. The van der Waals surface area contributed by atoms with Gasteiger partial charge in [0, 0.05) is 11.2 Å². The maximum atomic E-state index is 11.7. The third kappa shape index (κ3) is 3.41. The summed E-state index contributed by atoms with van der Waals surface area (Å²) in [6.07, 6.45) is 1.29. The molecule has 0 atom stereocenters. The van der Waals surface area contributed by atoms with Gasteiger partial charge in [-0.1, -0.05) is 29.8 Å². The Morgan fingerprint density at radius 3 is 2.71 bits per heavy atom. The highest BCUT2D eigenvalue weighted by molar-refractivity contribution is 6.31. The average Bonchev–Trinajstić information content (AvgIpc) is 2.86. The van der Waals surface area contributed by atoms with Gasteiger partial charge in [-0.15, -0.1) is 0 Å². The van der Waals surface area contributed by atoms with E-state index in [0.717, 1.165) is 5.56 Å². The molecule has 21 heavy (non-hydrogen) atoms. The standard InChI is InChI=1S/C14H13ClN2O4/c1-2-21-14(20)12-10(13(18)19)8-17(16-12)7-9-5-3-4-6-11(9)15/h3-6,8H,2,7H2,1H3,(H,18,19). The SMILES string of the molecule is CCOC(=O)c1nn(Cc2ccccc2Cl)cc1C(=O)O. The van der Waals surface area contributed by atoms with Crippen LogP contribution >= 0.6 is 11.6 Å². The van der Waals surface area contributed by atoms with Crippen LogP contribution in [-0.4, -0.2) is 33.4 Å². The molecule has 0 aliphatic carbocycles. The molecule has 0 aliphatic heterocycles. The van der Waals surface area contributed by atoms with Gasteiger partial charge in [0.1, 0.15) is 5.56 Å². The van der Waals surface area contributed by atoms with Crippen molar-refractivity contribution in [2.45, 2.75) is 13.5 Å². The van der Waals surface area contributed by atoms with E-state index in [1.165, 1.54) is 10.9 Å². The van der Waals surface area contributed by atoms with Crippen LogP contribution < -0.4 is 0 Å². The van der Waals surface area contributed by atoms with Crippen LogP contribution in [0.3, 0.4) is 0 Å². The number of hydrogen-bond donors (Lipinski definition) is 1. The van der Waals surface area contributed by atoms with Crippen molar-refractivity contribution in [3.05, 3.63) is 52.3 Å².